The fourth-order valence-corrected chi connectivity index (χ4v) is 9.65. The molecule has 1 atom stereocenters. The normalized spacial score (nSPS) is 13.2. The summed E-state index contributed by atoms with van der Waals surface area (Å²) in [4.78, 5) is 12.0. The van der Waals surface area contributed by atoms with Gasteiger partial charge >= 0.3 is 0 Å². The zero-order valence-corrected chi connectivity index (χ0v) is 18.6. The van der Waals surface area contributed by atoms with Gasteiger partial charge in [0.25, 0.3) is 0 Å². The molecule has 0 aromatic heterocycles. The molecule has 2 heteroatoms. The number of benzene rings is 2. The Morgan fingerprint density at radius 3 is 1.78 bits per heavy atom. The van der Waals surface area contributed by atoms with Gasteiger partial charge in [-0.25, -0.2) is 0 Å². The molecule has 0 bridgehead atoms. The quantitative estimate of drug-likeness (QED) is 0.431. The molecule has 1 nitrogen and oxygen atoms in total. The predicted octanol–water partition coefficient (Wildman–Crippen LogP) is 5.61. The molecule has 27 heavy (non-hydrogen) atoms. The molecule has 0 aliphatic heterocycles. The molecule has 0 radical (unpaired) electrons. The van der Waals surface area contributed by atoms with Gasteiger partial charge in [0.15, 0.2) is 0 Å². The van der Waals surface area contributed by atoms with E-state index >= 15 is 0 Å². The van der Waals surface area contributed by atoms with Gasteiger partial charge in [-0.15, -0.1) is 0 Å². The second-order valence-corrected chi connectivity index (χ2v) is 13.5. The van der Waals surface area contributed by atoms with Crippen LogP contribution < -0.4 is 10.4 Å². The van der Waals surface area contributed by atoms with Gasteiger partial charge in [0.1, 0.15) is 13.9 Å². The van der Waals surface area contributed by atoms with Gasteiger partial charge in [-0.05, 0) is 17.0 Å². The molecule has 1 unspecified atom stereocenters. The van der Waals surface area contributed by atoms with Crippen molar-refractivity contribution in [1.82, 2.24) is 0 Å². The highest BCUT2D eigenvalue weighted by atomic mass is 28.3. The summed E-state index contributed by atoms with van der Waals surface area (Å²) in [5, 5.41) is 3.00. The monoisotopic (exact) mass is 378 g/mol. The number of carbonyl (C=O) groups is 1. The molecule has 0 aliphatic rings. The van der Waals surface area contributed by atoms with Crippen LogP contribution in [0.15, 0.2) is 72.8 Å². The van der Waals surface area contributed by atoms with Crippen LogP contribution in [0.2, 0.25) is 11.1 Å². The number of Topliss-reactive ketones (excluding diaryl/α,β-unsaturated/α-hetero) is 1. The zero-order valence-electron chi connectivity index (χ0n) is 17.6. The van der Waals surface area contributed by atoms with Crippen LogP contribution >= 0.6 is 0 Å². The number of hydrogen-bond acceptors (Lipinski definition) is 1. The van der Waals surface area contributed by atoms with Crippen LogP contribution in [0.25, 0.3) is 0 Å². The number of hydrogen-bond donors (Lipinski definition) is 0. The lowest BCUT2D eigenvalue weighted by Crippen LogP contribution is -2.64. The van der Waals surface area contributed by atoms with E-state index in [9.17, 15) is 4.79 Å². The largest absolute Gasteiger partial charge is 0.300 e. The van der Waals surface area contributed by atoms with Gasteiger partial charge in [0, 0.05) is 12.8 Å². The van der Waals surface area contributed by atoms with Crippen LogP contribution in [0, 0.1) is 5.92 Å². The lowest BCUT2D eigenvalue weighted by atomic mass is 9.97. The van der Waals surface area contributed by atoms with E-state index in [1.54, 1.807) is 0 Å². The molecule has 0 saturated heterocycles. The van der Waals surface area contributed by atoms with E-state index in [0.717, 1.165) is 6.04 Å². The van der Waals surface area contributed by atoms with Crippen molar-refractivity contribution in [3.63, 3.8) is 0 Å². The predicted molar refractivity (Wildman–Crippen MR) is 121 cm³/mol. The van der Waals surface area contributed by atoms with Crippen molar-refractivity contribution in [3.8, 4) is 0 Å². The van der Waals surface area contributed by atoms with E-state index in [2.05, 4.69) is 94.9 Å². The summed E-state index contributed by atoms with van der Waals surface area (Å²) in [6.07, 6.45) is 1.21. The SMILES string of the molecule is C=C(C[Si](c1ccccc1)(c1ccccc1)C(C)(C)C)C(C)CC(=O)CC. The van der Waals surface area contributed by atoms with Crippen LogP contribution in [0.1, 0.15) is 47.5 Å². The van der Waals surface area contributed by atoms with Crippen molar-refractivity contribution in [3.05, 3.63) is 72.8 Å². The third-order valence-electron chi connectivity index (χ3n) is 5.93. The molecule has 0 fully saturated rings. The summed E-state index contributed by atoms with van der Waals surface area (Å²) in [6.45, 7) is 15.7. The van der Waals surface area contributed by atoms with Crippen molar-refractivity contribution in [2.75, 3.05) is 0 Å². The molecule has 2 aromatic rings. The van der Waals surface area contributed by atoms with E-state index in [0.29, 0.717) is 18.6 Å². The third kappa shape index (κ3) is 4.68. The molecule has 0 heterocycles. The Hall–Kier alpha value is -1.93. The van der Waals surface area contributed by atoms with Crippen LogP contribution in [-0.2, 0) is 4.79 Å². The highest BCUT2D eigenvalue weighted by Gasteiger charge is 2.47. The van der Waals surface area contributed by atoms with E-state index in [4.69, 9.17) is 0 Å². The minimum atomic E-state index is -2.15. The number of rotatable bonds is 8. The second-order valence-electron chi connectivity index (χ2n) is 8.72. The molecule has 0 N–H and O–H groups in total. The third-order valence-corrected chi connectivity index (χ3v) is 12.1. The van der Waals surface area contributed by atoms with Gasteiger partial charge in [-0.2, -0.15) is 0 Å². The van der Waals surface area contributed by atoms with Crippen LogP contribution in [-0.4, -0.2) is 13.9 Å². The Kier molecular flexibility index (Phi) is 6.99. The second kappa shape index (κ2) is 8.84. The Morgan fingerprint density at radius 1 is 0.963 bits per heavy atom. The van der Waals surface area contributed by atoms with Crippen LogP contribution in [0.3, 0.4) is 0 Å². The summed E-state index contributed by atoms with van der Waals surface area (Å²) >= 11 is 0. The fourth-order valence-electron chi connectivity index (χ4n) is 4.09. The van der Waals surface area contributed by atoms with Crippen molar-refractivity contribution in [2.45, 2.75) is 58.5 Å². The maximum absolute atomic E-state index is 12.0. The zero-order chi connectivity index (χ0) is 20.1. The van der Waals surface area contributed by atoms with Gasteiger partial charge in [0.2, 0.25) is 0 Å². The molecular formula is C25H34OSi. The molecular weight excluding hydrogens is 344 g/mol. The molecule has 2 aromatic carbocycles. The molecule has 0 amide bonds. The first-order valence-electron chi connectivity index (χ1n) is 10.0. The van der Waals surface area contributed by atoms with E-state index in [1.165, 1.54) is 15.9 Å². The van der Waals surface area contributed by atoms with Crippen molar-refractivity contribution in [2.24, 2.45) is 5.92 Å². The van der Waals surface area contributed by atoms with E-state index in [1.807, 2.05) is 6.92 Å². The fraction of sp³-hybridized carbons (Fsp3) is 0.400. The molecule has 2 rings (SSSR count). The topological polar surface area (TPSA) is 17.1 Å². The average Bonchev–Trinajstić information content (AvgIpc) is 2.66. The minimum absolute atomic E-state index is 0.118. The van der Waals surface area contributed by atoms with Crippen molar-refractivity contribution < 1.29 is 4.79 Å². The Labute approximate surface area is 166 Å². The van der Waals surface area contributed by atoms with Gasteiger partial charge in [-0.3, -0.25) is 4.79 Å². The lowest BCUT2D eigenvalue weighted by molar-refractivity contribution is -0.119. The smallest absolute Gasteiger partial charge is 0.133 e. The number of carbonyl (C=O) groups excluding carboxylic acids is 1. The molecule has 0 saturated carbocycles. The van der Waals surface area contributed by atoms with Crippen LogP contribution in [0.4, 0.5) is 0 Å². The minimum Gasteiger partial charge on any atom is -0.300 e. The lowest BCUT2D eigenvalue weighted by Gasteiger charge is -2.45. The highest BCUT2D eigenvalue weighted by Crippen LogP contribution is 2.41. The first kappa shape index (κ1) is 21.4. The summed E-state index contributed by atoms with van der Waals surface area (Å²) < 4.78 is 0. The number of allylic oxidation sites excluding steroid dienone is 1. The molecule has 0 spiro atoms. The van der Waals surface area contributed by atoms with E-state index < -0.39 is 8.07 Å². The van der Waals surface area contributed by atoms with Crippen molar-refractivity contribution >= 4 is 24.2 Å². The van der Waals surface area contributed by atoms with Crippen molar-refractivity contribution in [1.29, 1.82) is 0 Å². The molecule has 144 valence electrons. The summed E-state index contributed by atoms with van der Waals surface area (Å²) in [5.41, 5.74) is 1.21. The van der Waals surface area contributed by atoms with Crippen LogP contribution in [0.5, 0.6) is 0 Å². The van der Waals surface area contributed by atoms with Gasteiger partial charge in [0.05, 0.1) is 0 Å². The Morgan fingerprint density at radius 2 is 1.41 bits per heavy atom. The Balaban J connectivity index is 2.56. The standard InChI is InChI=1S/C25H34OSi/c1-7-22(26)18-20(2)21(3)19-27(25(4,5)6,23-14-10-8-11-15-23)24-16-12-9-13-17-24/h8-17,20H,3,7,18-19H2,1-2,4-6H3. The van der Waals surface area contributed by atoms with E-state index in [-0.39, 0.29) is 11.0 Å². The maximum atomic E-state index is 12.0. The first-order chi connectivity index (χ1) is 12.7. The van der Waals surface area contributed by atoms with Gasteiger partial charge in [-0.1, -0.05) is 118 Å². The Bertz CT molecular complexity index is 716. The first-order valence-corrected chi connectivity index (χ1v) is 12.2. The number of ketones is 1. The average molecular weight is 379 g/mol. The van der Waals surface area contributed by atoms with Gasteiger partial charge < -0.3 is 0 Å². The summed E-state index contributed by atoms with van der Waals surface area (Å²) in [5.74, 6) is 0.546. The summed E-state index contributed by atoms with van der Waals surface area (Å²) in [6, 6.07) is 22.9. The highest BCUT2D eigenvalue weighted by molar-refractivity contribution is 7.04. The molecule has 0 aliphatic carbocycles. The maximum Gasteiger partial charge on any atom is 0.133 e. The summed E-state index contributed by atoms with van der Waals surface area (Å²) in [7, 11) is -2.15.